The normalized spacial score (nSPS) is 13.7. The summed E-state index contributed by atoms with van der Waals surface area (Å²) < 4.78 is 9.03. The minimum Gasteiger partial charge on any atom is -0.532 e. The van der Waals surface area contributed by atoms with Crippen molar-refractivity contribution >= 4 is 24.6 Å². The molecule has 0 bridgehead atoms. The third-order valence-electron chi connectivity index (χ3n) is 0.641. The maximum absolute atomic E-state index is 4.72. The van der Waals surface area contributed by atoms with Gasteiger partial charge in [-0.3, -0.25) is 4.66 Å². The van der Waals surface area contributed by atoms with Crippen molar-refractivity contribution in [3.8, 4) is 0 Å². The predicted octanol–water partition coefficient (Wildman–Crippen LogP) is 1.34. The van der Waals surface area contributed by atoms with Crippen molar-refractivity contribution in [3.63, 3.8) is 0 Å². The number of hydrogen-bond acceptors (Lipinski definition) is 2. The van der Waals surface area contributed by atoms with Gasteiger partial charge in [0.15, 0.2) is 14.1 Å². The SMILES string of the molecule is CC(=N[Si](C)(C)C)O[Si]. The number of rotatable bonds is 1. The molecule has 0 rings (SSSR count). The summed E-state index contributed by atoms with van der Waals surface area (Å²) in [6.45, 7) is 8.30. The number of nitrogens with zero attached hydrogens (tertiary/aromatic N) is 1. The molecule has 2 nitrogen and oxygen atoms in total. The molecule has 0 spiro atoms. The van der Waals surface area contributed by atoms with Crippen LogP contribution in [0.25, 0.3) is 0 Å². The zero-order valence-electron chi connectivity index (χ0n) is 6.36. The van der Waals surface area contributed by atoms with Crippen molar-refractivity contribution in [1.82, 2.24) is 0 Å². The van der Waals surface area contributed by atoms with Crippen LogP contribution in [0, 0.1) is 0 Å². The number of hydrogen-bond donors (Lipinski definition) is 0. The van der Waals surface area contributed by atoms with Crippen LogP contribution in [0.4, 0.5) is 0 Å². The highest BCUT2D eigenvalue weighted by molar-refractivity contribution is 6.75. The molecule has 0 heterocycles. The van der Waals surface area contributed by atoms with Crippen molar-refractivity contribution in [3.05, 3.63) is 0 Å². The molecule has 0 unspecified atom stereocenters. The van der Waals surface area contributed by atoms with E-state index < -0.39 is 8.24 Å². The molecule has 0 fully saturated rings. The van der Waals surface area contributed by atoms with E-state index in [4.69, 9.17) is 4.43 Å². The van der Waals surface area contributed by atoms with E-state index in [1.807, 2.05) is 6.92 Å². The summed E-state index contributed by atoms with van der Waals surface area (Å²) >= 11 is 0. The van der Waals surface area contributed by atoms with Gasteiger partial charge in [0, 0.05) is 6.92 Å². The molecule has 0 aromatic rings. The average Bonchev–Trinajstić information content (AvgIpc) is 1.62. The molecule has 0 aliphatic rings. The summed E-state index contributed by atoms with van der Waals surface area (Å²) in [5.74, 6) is 0.714. The van der Waals surface area contributed by atoms with Crippen LogP contribution in [-0.2, 0) is 4.43 Å². The van der Waals surface area contributed by atoms with Crippen molar-refractivity contribution < 1.29 is 4.43 Å². The first-order valence-corrected chi connectivity index (χ1v) is 6.71. The van der Waals surface area contributed by atoms with E-state index >= 15 is 0 Å². The summed E-state index contributed by atoms with van der Waals surface area (Å²) in [5.41, 5.74) is 0. The van der Waals surface area contributed by atoms with E-state index in [0.717, 1.165) is 0 Å². The molecule has 0 aliphatic heterocycles. The van der Waals surface area contributed by atoms with Gasteiger partial charge in [-0.05, 0) is 19.6 Å². The predicted molar refractivity (Wildman–Crippen MR) is 43.3 cm³/mol. The molecular formula is C5H12NOSi2. The third kappa shape index (κ3) is 5.78. The molecule has 9 heavy (non-hydrogen) atoms. The molecule has 3 radical (unpaired) electrons. The Bertz CT molecular complexity index is 117. The van der Waals surface area contributed by atoms with E-state index in [2.05, 4.69) is 34.8 Å². The van der Waals surface area contributed by atoms with Crippen LogP contribution in [0.15, 0.2) is 4.66 Å². The van der Waals surface area contributed by atoms with Crippen molar-refractivity contribution in [2.24, 2.45) is 4.66 Å². The minimum atomic E-state index is -1.31. The molecule has 0 atom stereocenters. The Hall–Kier alpha value is -0.0962. The van der Waals surface area contributed by atoms with Crippen LogP contribution in [0.1, 0.15) is 6.92 Å². The molecule has 0 aliphatic carbocycles. The van der Waals surface area contributed by atoms with E-state index in [0.29, 0.717) is 5.90 Å². The lowest BCUT2D eigenvalue weighted by molar-refractivity contribution is 0.609. The largest absolute Gasteiger partial charge is 0.532 e. The van der Waals surface area contributed by atoms with Gasteiger partial charge in [0.2, 0.25) is 0 Å². The fraction of sp³-hybridized carbons (Fsp3) is 0.800. The summed E-state index contributed by atoms with van der Waals surface area (Å²) in [6.07, 6.45) is 0. The quantitative estimate of drug-likeness (QED) is 0.321. The maximum Gasteiger partial charge on any atom is 0.342 e. The van der Waals surface area contributed by atoms with Crippen LogP contribution < -0.4 is 0 Å². The van der Waals surface area contributed by atoms with E-state index in [1.165, 1.54) is 0 Å². The highest BCUT2D eigenvalue weighted by Gasteiger charge is 2.10. The summed E-state index contributed by atoms with van der Waals surface area (Å²) in [5, 5.41) is 0. The van der Waals surface area contributed by atoms with Crippen LogP contribution in [0.2, 0.25) is 19.6 Å². The van der Waals surface area contributed by atoms with Gasteiger partial charge in [-0.15, -0.1) is 0 Å². The first-order chi connectivity index (χ1) is 3.95. The molecule has 0 amide bonds. The van der Waals surface area contributed by atoms with Gasteiger partial charge in [0.05, 0.1) is 0 Å². The zero-order valence-corrected chi connectivity index (χ0v) is 8.36. The topological polar surface area (TPSA) is 21.6 Å². The smallest absolute Gasteiger partial charge is 0.342 e. The van der Waals surface area contributed by atoms with Crippen molar-refractivity contribution in [2.45, 2.75) is 26.6 Å². The first kappa shape index (κ1) is 8.90. The van der Waals surface area contributed by atoms with Crippen LogP contribution in [0.5, 0.6) is 0 Å². The Morgan fingerprint density at radius 1 is 1.44 bits per heavy atom. The monoisotopic (exact) mass is 158 g/mol. The van der Waals surface area contributed by atoms with Gasteiger partial charge in [-0.2, -0.15) is 0 Å². The van der Waals surface area contributed by atoms with E-state index in [-0.39, 0.29) is 0 Å². The summed E-state index contributed by atoms with van der Waals surface area (Å²) in [6, 6.07) is 0. The lowest BCUT2D eigenvalue weighted by Gasteiger charge is -2.09. The lowest BCUT2D eigenvalue weighted by atomic mass is 10.8. The summed E-state index contributed by atoms with van der Waals surface area (Å²) in [7, 11) is 1.59. The molecule has 0 saturated heterocycles. The Labute approximate surface area is 61.0 Å². The maximum atomic E-state index is 4.72. The molecule has 0 saturated carbocycles. The fourth-order valence-electron chi connectivity index (χ4n) is 0.495. The zero-order chi connectivity index (χ0) is 7.49. The van der Waals surface area contributed by atoms with Crippen LogP contribution in [-0.4, -0.2) is 24.6 Å². The van der Waals surface area contributed by atoms with Gasteiger partial charge in [0.1, 0.15) is 0 Å². The lowest BCUT2D eigenvalue weighted by Crippen LogP contribution is -2.19. The first-order valence-electron chi connectivity index (χ1n) is 2.86. The molecule has 51 valence electrons. The van der Waals surface area contributed by atoms with Crippen LogP contribution in [0.3, 0.4) is 0 Å². The van der Waals surface area contributed by atoms with E-state index in [9.17, 15) is 0 Å². The standard InChI is InChI=1S/C5H12NOSi2/c1-5(7-8)6-9(2,3)4/h1-4H3. The Kier molecular flexibility index (Phi) is 3.13. The van der Waals surface area contributed by atoms with Gasteiger partial charge in [-0.25, -0.2) is 0 Å². The summed E-state index contributed by atoms with van der Waals surface area (Å²) in [4.78, 5) is 0. The van der Waals surface area contributed by atoms with Gasteiger partial charge < -0.3 is 4.43 Å². The Morgan fingerprint density at radius 3 is 2.00 bits per heavy atom. The van der Waals surface area contributed by atoms with Crippen molar-refractivity contribution in [2.75, 3.05) is 0 Å². The van der Waals surface area contributed by atoms with Crippen LogP contribution >= 0.6 is 0 Å². The van der Waals surface area contributed by atoms with E-state index in [1.54, 1.807) is 0 Å². The second-order valence-electron chi connectivity index (χ2n) is 2.90. The molecule has 0 aromatic heterocycles. The molecule has 0 N–H and O–H groups in total. The highest BCUT2D eigenvalue weighted by Crippen LogP contribution is 2.01. The van der Waals surface area contributed by atoms with Gasteiger partial charge in [0.25, 0.3) is 0 Å². The highest BCUT2D eigenvalue weighted by atomic mass is 28.3. The molecule has 0 aromatic carbocycles. The fourth-order valence-corrected chi connectivity index (χ4v) is 1.62. The second-order valence-corrected chi connectivity index (χ2v) is 7.67. The molecular weight excluding hydrogens is 146 g/mol. The Morgan fingerprint density at radius 2 is 1.89 bits per heavy atom. The van der Waals surface area contributed by atoms with Gasteiger partial charge >= 0.3 is 10.5 Å². The second kappa shape index (κ2) is 3.17. The Balaban J connectivity index is 3.95. The van der Waals surface area contributed by atoms with Gasteiger partial charge in [-0.1, -0.05) is 0 Å². The minimum absolute atomic E-state index is 0.714. The van der Waals surface area contributed by atoms with Crippen molar-refractivity contribution in [1.29, 1.82) is 0 Å². The third-order valence-corrected chi connectivity index (χ3v) is 1.92. The average molecular weight is 158 g/mol. The molecule has 4 heteroatoms.